The van der Waals surface area contributed by atoms with Crippen LogP contribution in [0.3, 0.4) is 0 Å². The van der Waals surface area contributed by atoms with Crippen molar-refractivity contribution in [3.8, 4) is 46.0 Å². The molecule has 5 heterocycles. The number of nitrogens with zero attached hydrogens (tertiary/aromatic N) is 7. The molecule has 0 spiro atoms. The molecular formula is C51H43N7O2. The van der Waals surface area contributed by atoms with Crippen molar-refractivity contribution in [2.75, 3.05) is 0 Å². The van der Waals surface area contributed by atoms with E-state index < -0.39 is 0 Å². The van der Waals surface area contributed by atoms with Crippen LogP contribution >= 0.6 is 0 Å². The van der Waals surface area contributed by atoms with E-state index in [2.05, 4.69) is 149 Å². The fraction of sp³-hybridized carbons (Fsp3) is 0.157. The van der Waals surface area contributed by atoms with Gasteiger partial charge in [0.2, 0.25) is 0 Å². The summed E-state index contributed by atoms with van der Waals surface area (Å²) in [5, 5.41) is 4.54. The molecule has 0 aliphatic heterocycles. The van der Waals surface area contributed by atoms with Gasteiger partial charge in [-0.1, -0.05) is 64.1 Å². The normalized spacial score (nSPS) is 11.8. The number of fused-ring (bicyclic) bond motifs is 6. The number of ether oxygens (including phenoxy) is 2. The van der Waals surface area contributed by atoms with Crippen molar-refractivity contribution in [1.82, 2.24) is 34.1 Å². The SMILES string of the molecule is CC(C)Cc1ccnc(-n2c3ccccc3c3ccc(Oc4cc(Oc5ccc6c7ccccc7n(-c7cc(CC(C)C)ccn7)c6c5)cc(-c5ncncn5)c4)cc32)c1. The molecule has 9 nitrogen and oxygen atoms in total. The minimum absolute atomic E-state index is 0.506. The maximum Gasteiger partial charge on any atom is 0.162 e. The van der Waals surface area contributed by atoms with E-state index in [4.69, 9.17) is 19.4 Å². The van der Waals surface area contributed by atoms with E-state index in [1.165, 1.54) is 23.8 Å². The van der Waals surface area contributed by atoms with Gasteiger partial charge < -0.3 is 9.47 Å². The summed E-state index contributed by atoms with van der Waals surface area (Å²) in [7, 11) is 0. The summed E-state index contributed by atoms with van der Waals surface area (Å²) in [4.78, 5) is 22.7. The van der Waals surface area contributed by atoms with E-state index in [0.717, 1.165) is 73.7 Å². The lowest BCUT2D eigenvalue weighted by atomic mass is 10.0. The fourth-order valence-electron chi connectivity index (χ4n) is 8.36. The Morgan fingerprint density at radius 1 is 0.450 bits per heavy atom. The first-order chi connectivity index (χ1) is 29.3. The third-order valence-corrected chi connectivity index (χ3v) is 10.8. The number of benzene rings is 5. The first-order valence-electron chi connectivity index (χ1n) is 20.4. The first kappa shape index (κ1) is 36.9. The molecule has 0 fully saturated rings. The second-order valence-electron chi connectivity index (χ2n) is 16.2. The molecular weight excluding hydrogens is 743 g/mol. The maximum absolute atomic E-state index is 6.72. The van der Waals surface area contributed by atoms with E-state index in [1.54, 1.807) is 0 Å². The highest BCUT2D eigenvalue weighted by atomic mass is 16.5. The summed E-state index contributed by atoms with van der Waals surface area (Å²) in [5.74, 6) is 5.80. The monoisotopic (exact) mass is 785 g/mol. The molecule has 0 saturated heterocycles. The molecule has 0 amide bonds. The van der Waals surface area contributed by atoms with Crippen molar-refractivity contribution in [3.05, 3.63) is 164 Å². The molecule has 5 aromatic carbocycles. The van der Waals surface area contributed by atoms with Gasteiger partial charge in [0.15, 0.2) is 5.82 Å². The summed E-state index contributed by atoms with van der Waals surface area (Å²) in [6, 6.07) is 43.7. The summed E-state index contributed by atoms with van der Waals surface area (Å²) in [6.07, 6.45) is 8.74. The molecule has 0 bridgehead atoms. The molecule has 0 aliphatic rings. The Morgan fingerprint density at radius 3 is 1.40 bits per heavy atom. The van der Waals surface area contributed by atoms with Gasteiger partial charge in [-0.15, -0.1) is 0 Å². The van der Waals surface area contributed by atoms with Crippen LogP contribution in [0.1, 0.15) is 38.8 Å². The largest absolute Gasteiger partial charge is 0.457 e. The van der Waals surface area contributed by atoms with Crippen molar-refractivity contribution in [2.45, 2.75) is 40.5 Å². The molecule has 10 aromatic rings. The molecule has 10 rings (SSSR count). The number of hydrogen-bond donors (Lipinski definition) is 0. The molecule has 0 saturated carbocycles. The van der Waals surface area contributed by atoms with Crippen LogP contribution in [0.2, 0.25) is 0 Å². The zero-order valence-corrected chi connectivity index (χ0v) is 33.9. The van der Waals surface area contributed by atoms with Crippen LogP contribution in [-0.4, -0.2) is 34.1 Å². The molecule has 294 valence electrons. The lowest BCUT2D eigenvalue weighted by Crippen LogP contribution is -2.01. The molecule has 0 unspecified atom stereocenters. The van der Waals surface area contributed by atoms with E-state index in [0.29, 0.717) is 40.7 Å². The standard InChI is InChI=1S/C51H43N7O2/c1-32(2)21-34-17-19-53-49(23-34)57-45-11-7-5-9-41(45)43-15-13-37(28-47(43)57)59-39-25-36(51-55-30-52-31-56-51)26-40(27-39)60-38-14-16-44-42-10-6-8-12-46(42)58(48(44)29-38)50-24-35(18-20-54-50)22-33(3)4/h5-20,23-33H,21-22H2,1-4H3. The van der Waals surface area contributed by atoms with Crippen LogP contribution < -0.4 is 9.47 Å². The summed E-state index contributed by atoms with van der Waals surface area (Å²) in [6.45, 7) is 8.95. The van der Waals surface area contributed by atoms with Gasteiger partial charge in [-0.2, -0.15) is 0 Å². The third kappa shape index (κ3) is 7.08. The Bertz CT molecular complexity index is 2990. The van der Waals surface area contributed by atoms with Crippen molar-refractivity contribution >= 4 is 43.6 Å². The molecule has 0 N–H and O–H groups in total. The van der Waals surface area contributed by atoms with Gasteiger partial charge in [0, 0.05) is 57.7 Å². The Balaban J connectivity index is 1.05. The lowest BCUT2D eigenvalue weighted by Gasteiger charge is -2.13. The predicted molar refractivity (Wildman–Crippen MR) is 240 cm³/mol. The summed E-state index contributed by atoms with van der Waals surface area (Å²) < 4.78 is 17.9. The topological polar surface area (TPSA) is 92.8 Å². The van der Waals surface area contributed by atoms with Crippen molar-refractivity contribution in [3.63, 3.8) is 0 Å². The maximum atomic E-state index is 6.72. The zero-order chi connectivity index (χ0) is 40.7. The van der Waals surface area contributed by atoms with Gasteiger partial charge in [0.05, 0.1) is 22.1 Å². The van der Waals surface area contributed by atoms with E-state index in [-0.39, 0.29) is 0 Å². The minimum Gasteiger partial charge on any atom is -0.457 e. The van der Waals surface area contributed by atoms with Crippen LogP contribution in [0.25, 0.3) is 66.6 Å². The summed E-state index contributed by atoms with van der Waals surface area (Å²) in [5.41, 5.74) is 7.41. The van der Waals surface area contributed by atoms with Crippen LogP contribution in [0.4, 0.5) is 0 Å². The number of hydrogen-bond acceptors (Lipinski definition) is 7. The van der Waals surface area contributed by atoms with E-state index in [9.17, 15) is 0 Å². The van der Waals surface area contributed by atoms with Gasteiger partial charge in [0.25, 0.3) is 0 Å². The number of para-hydroxylation sites is 2. The minimum atomic E-state index is 0.506. The van der Waals surface area contributed by atoms with Crippen molar-refractivity contribution < 1.29 is 9.47 Å². The Kier molecular flexibility index (Phi) is 9.48. The van der Waals surface area contributed by atoms with E-state index >= 15 is 0 Å². The first-order valence-corrected chi connectivity index (χ1v) is 20.4. The highest BCUT2D eigenvalue weighted by Crippen LogP contribution is 2.39. The Hall–Kier alpha value is -7.39. The van der Waals surface area contributed by atoms with Gasteiger partial charge >= 0.3 is 0 Å². The second kappa shape index (κ2) is 15.4. The molecule has 0 aliphatic carbocycles. The summed E-state index contributed by atoms with van der Waals surface area (Å²) >= 11 is 0. The molecule has 9 heteroatoms. The van der Waals surface area contributed by atoms with Gasteiger partial charge in [-0.25, -0.2) is 24.9 Å². The highest BCUT2D eigenvalue weighted by Gasteiger charge is 2.18. The van der Waals surface area contributed by atoms with Crippen LogP contribution in [0.5, 0.6) is 23.0 Å². The molecule has 60 heavy (non-hydrogen) atoms. The van der Waals surface area contributed by atoms with Crippen molar-refractivity contribution in [1.29, 1.82) is 0 Å². The third-order valence-electron chi connectivity index (χ3n) is 10.8. The highest BCUT2D eigenvalue weighted by molar-refractivity contribution is 6.10. The number of pyridine rings is 2. The van der Waals surface area contributed by atoms with Gasteiger partial charge in [-0.3, -0.25) is 9.13 Å². The van der Waals surface area contributed by atoms with Crippen molar-refractivity contribution in [2.24, 2.45) is 11.8 Å². The average molecular weight is 786 g/mol. The fourth-order valence-corrected chi connectivity index (χ4v) is 8.36. The van der Waals surface area contributed by atoms with E-state index in [1.807, 2.05) is 42.7 Å². The molecule has 0 atom stereocenters. The lowest BCUT2D eigenvalue weighted by molar-refractivity contribution is 0.461. The number of rotatable bonds is 11. The smallest absolute Gasteiger partial charge is 0.162 e. The molecule has 0 radical (unpaired) electrons. The second-order valence-corrected chi connectivity index (χ2v) is 16.2. The Labute approximate surface area is 348 Å². The van der Waals surface area contributed by atoms with Crippen LogP contribution in [0, 0.1) is 11.8 Å². The Morgan fingerprint density at radius 2 is 0.917 bits per heavy atom. The van der Waals surface area contributed by atoms with Gasteiger partial charge in [-0.05, 0) is 109 Å². The zero-order valence-electron chi connectivity index (χ0n) is 33.9. The predicted octanol–water partition coefficient (Wildman–Crippen LogP) is 12.5. The van der Waals surface area contributed by atoms with Gasteiger partial charge in [0.1, 0.15) is 47.3 Å². The van der Waals surface area contributed by atoms with Crippen LogP contribution in [0.15, 0.2) is 152 Å². The number of aromatic nitrogens is 7. The molecule has 5 aromatic heterocycles. The quantitative estimate of drug-likeness (QED) is 0.129. The van der Waals surface area contributed by atoms with Crippen LogP contribution in [-0.2, 0) is 12.8 Å². The average Bonchev–Trinajstić information content (AvgIpc) is 3.76.